The maximum Gasteiger partial charge on any atom is 0.141 e. The SMILES string of the molecule is CCn1c(-c2ccc(OC)cc2)nc(-c2ccc(OC)cc2)c1-c1ccc(OC)cc1. The summed E-state index contributed by atoms with van der Waals surface area (Å²) in [7, 11) is 5.02. The van der Waals surface area contributed by atoms with Crippen molar-refractivity contribution in [2.45, 2.75) is 13.5 Å². The van der Waals surface area contributed by atoms with E-state index >= 15 is 0 Å². The summed E-state index contributed by atoms with van der Waals surface area (Å²) < 4.78 is 18.3. The zero-order valence-corrected chi connectivity index (χ0v) is 18.3. The highest BCUT2D eigenvalue weighted by atomic mass is 16.5. The normalized spacial score (nSPS) is 10.7. The van der Waals surface area contributed by atoms with Crippen LogP contribution in [0.1, 0.15) is 6.92 Å². The largest absolute Gasteiger partial charge is 0.497 e. The molecule has 4 aromatic rings. The molecular formula is C26H26N2O3. The van der Waals surface area contributed by atoms with Crippen LogP contribution in [0.5, 0.6) is 17.2 Å². The lowest BCUT2D eigenvalue weighted by Gasteiger charge is -2.12. The number of imidazole rings is 1. The van der Waals surface area contributed by atoms with Gasteiger partial charge in [-0.1, -0.05) is 0 Å². The van der Waals surface area contributed by atoms with Crippen LogP contribution in [0.4, 0.5) is 0 Å². The summed E-state index contributed by atoms with van der Waals surface area (Å²) in [4.78, 5) is 5.10. The third-order valence-electron chi connectivity index (χ3n) is 5.36. The van der Waals surface area contributed by atoms with E-state index in [4.69, 9.17) is 19.2 Å². The average molecular weight is 415 g/mol. The van der Waals surface area contributed by atoms with E-state index in [2.05, 4.69) is 23.6 Å². The Kier molecular flexibility index (Phi) is 5.94. The molecule has 0 aliphatic carbocycles. The van der Waals surface area contributed by atoms with Gasteiger partial charge in [-0.3, -0.25) is 0 Å². The molecule has 5 heteroatoms. The fraction of sp³-hybridized carbons (Fsp3) is 0.192. The summed E-state index contributed by atoms with van der Waals surface area (Å²) in [5.74, 6) is 3.39. The van der Waals surface area contributed by atoms with Crippen molar-refractivity contribution >= 4 is 0 Å². The van der Waals surface area contributed by atoms with Crippen LogP contribution < -0.4 is 14.2 Å². The van der Waals surface area contributed by atoms with E-state index in [1.54, 1.807) is 21.3 Å². The first-order valence-electron chi connectivity index (χ1n) is 10.2. The Bertz CT molecular complexity index is 1150. The smallest absolute Gasteiger partial charge is 0.141 e. The van der Waals surface area contributed by atoms with Crippen LogP contribution in [0.25, 0.3) is 33.9 Å². The first kappa shape index (κ1) is 20.5. The molecule has 0 saturated carbocycles. The molecule has 0 saturated heterocycles. The Morgan fingerprint density at radius 2 is 1.03 bits per heavy atom. The molecular weight excluding hydrogens is 388 g/mol. The lowest BCUT2D eigenvalue weighted by Crippen LogP contribution is -2.00. The molecule has 158 valence electrons. The molecule has 0 N–H and O–H groups in total. The van der Waals surface area contributed by atoms with Crippen molar-refractivity contribution in [1.29, 1.82) is 0 Å². The molecule has 0 aliphatic rings. The van der Waals surface area contributed by atoms with Gasteiger partial charge in [0.15, 0.2) is 0 Å². The molecule has 1 aromatic heterocycles. The van der Waals surface area contributed by atoms with E-state index in [1.165, 1.54) is 0 Å². The number of hydrogen-bond donors (Lipinski definition) is 0. The standard InChI is InChI=1S/C26H26N2O3/c1-5-28-25(19-8-14-22(30-3)15-9-19)24(18-6-12-21(29-2)13-7-18)27-26(28)20-10-16-23(31-4)17-11-20/h6-17H,5H2,1-4H3. The van der Waals surface area contributed by atoms with Gasteiger partial charge in [-0.15, -0.1) is 0 Å². The summed E-state index contributed by atoms with van der Waals surface area (Å²) in [5, 5.41) is 0. The molecule has 0 amide bonds. The Morgan fingerprint density at radius 3 is 1.45 bits per heavy atom. The summed E-state index contributed by atoms with van der Waals surface area (Å²) in [5.41, 5.74) is 5.16. The Morgan fingerprint density at radius 1 is 0.613 bits per heavy atom. The van der Waals surface area contributed by atoms with Crippen LogP contribution >= 0.6 is 0 Å². The Balaban J connectivity index is 1.92. The number of aromatic nitrogens is 2. The van der Waals surface area contributed by atoms with E-state index in [1.807, 2.05) is 60.7 Å². The summed E-state index contributed by atoms with van der Waals surface area (Å²) in [6.45, 7) is 2.92. The van der Waals surface area contributed by atoms with Crippen molar-refractivity contribution in [3.05, 3.63) is 72.8 Å². The highest BCUT2D eigenvalue weighted by molar-refractivity contribution is 5.82. The highest BCUT2D eigenvalue weighted by Crippen LogP contribution is 2.37. The maximum atomic E-state index is 5.35. The lowest BCUT2D eigenvalue weighted by atomic mass is 10.0. The molecule has 0 radical (unpaired) electrons. The minimum Gasteiger partial charge on any atom is -0.497 e. The first-order valence-corrected chi connectivity index (χ1v) is 10.2. The van der Waals surface area contributed by atoms with Gasteiger partial charge in [0.1, 0.15) is 23.1 Å². The molecule has 0 bridgehead atoms. The van der Waals surface area contributed by atoms with Crippen molar-refractivity contribution in [3.63, 3.8) is 0 Å². The molecule has 0 fully saturated rings. The first-order chi connectivity index (χ1) is 15.2. The Hall–Kier alpha value is -3.73. The fourth-order valence-electron chi connectivity index (χ4n) is 3.71. The number of benzene rings is 3. The molecule has 0 unspecified atom stereocenters. The molecule has 31 heavy (non-hydrogen) atoms. The average Bonchev–Trinajstić information content (AvgIpc) is 3.23. The van der Waals surface area contributed by atoms with Crippen LogP contribution in [0.3, 0.4) is 0 Å². The van der Waals surface area contributed by atoms with Gasteiger partial charge < -0.3 is 18.8 Å². The van der Waals surface area contributed by atoms with Gasteiger partial charge in [-0.2, -0.15) is 0 Å². The van der Waals surface area contributed by atoms with Gasteiger partial charge in [0.05, 0.1) is 32.7 Å². The van der Waals surface area contributed by atoms with Crippen LogP contribution in [-0.4, -0.2) is 30.9 Å². The van der Waals surface area contributed by atoms with Crippen LogP contribution in [-0.2, 0) is 6.54 Å². The summed E-state index contributed by atoms with van der Waals surface area (Å²) >= 11 is 0. The van der Waals surface area contributed by atoms with E-state index in [0.29, 0.717) is 0 Å². The van der Waals surface area contributed by atoms with Crippen molar-refractivity contribution in [3.8, 4) is 51.2 Å². The van der Waals surface area contributed by atoms with Crippen LogP contribution in [0.2, 0.25) is 0 Å². The second kappa shape index (κ2) is 8.96. The van der Waals surface area contributed by atoms with Crippen molar-refractivity contribution in [2.24, 2.45) is 0 Å². The third-order valence-corrected chi connectivity index (χ3v) is 5.36. The van der Waals surface area contributed by atoms with Crippen molar-refractivity contribution < 1.29 is 14.2 Å². The number of ether oxygens (including phenoxy) is 3. The van der Waals surface area contributed by atoms with Gasteiger partial charge >= 0.3 is 0 Å². The quantitative estimate of drug-likeness (QED) is 0.376. The van der Waals surface area contributed by atoms with Gasteiger partial charge in [0.2, 0.25) is 0 Å². The zero-order chi connectivity index (χ0) is 21.8. The highest BCUT2D eigenvalue weighted by Gasteiger charge is 2.20. The topological polar surface area (TPSA) is 45.5 Å². The van der Waals surface area contributed by atoms with E-state index in [0.717, 1.165) is 57.7 Å². The summed E-state index contributed by atoms with van der Waals surface area (Å²) in [6, 6.07) is 24.1. The molecule has 0 aliphatic heterocycles. The molecule has 1 heterocycles. The number of rotatable bonds is 7. The molecule has 0 atom stereocenters. The van der Waals surface area contributed by atoms with Crippen LogP contribution in [0, 0.1) is 0 Å². The van der Waals surface area contributed by atoms with Gasteiger partial charge in [-0.05, 0) is 79.7 Å². The Labute approximate surface area is 182 Å². The van der Waals surface area contributed by atoms with Gasteiger partial charge in [-0.25, -0.2) is 4.98 Å². The molecule has 5 nitrogen and oxygen atoms in total. The molecule has 0 spiro atoms. The molecule has 3 aromatic carbocycles. The predicted molar refractivity (Wildman–Crippen MR) is 124 cm³/mol. The monoisotopic (exact) mass is 414 g/mol. The second-order valence-electron chi connectivity index (χ2n) is 7.06. The summed E-state index contributed by atoms with van der Waals surface area (Å²) in [6.07, 6.45) is 0. The van der Waals surface area contributed by atoms with Crippen LogP contribution in [0.15, 0.2) is 72.8 Å². The lowest BCUT2D eigenvalue weighted by molar-refractivity contribution is 0.414. The number of methoxy groups -OCH3 is 3. The predicted octanol–water partition coefficient (Wildman–Crippen LogP) is 5.93. The van der Waals surface area contributed by atoms with E-state index < -0.39 is 0 Å². The van der Waals surface area contributed by atoms with E-state index in [9.17, 15) is 0 Å². The minimum atomic E-state index is 0.784. The van der Waals surface area contributed by atoms with Gasteiger partial charge in [0.25, 0.3) is 0 Å². The van der Waals surface area contributed by atoms with Crippen molar-refractivity contribution in [2.75, 3.05) is 21.3 Å². The third kappa shape index (κ3) is 3.99. The van der Waals surface area contributed by atoms with E-state index in [-0.39, 0.29) is 0 Å². The molecule has 4 rings (SSSR count). The minimum absolute atomic E-state index is 0.784. The van der Waals surface area contributed by atoms with Gasteiger partial charge in [0, 0.05) is 23.2 Å². The number of nitrogens with zero attached hydrogens (tertiary/aromatic N) is 2. The maximum absolute atomic E-state index is 5.35. The fourth-order valence-corrected chi connectivity index (χ4v) is 3.71. The van der Waals surface area contributed by atoms with Crippen molar-refractivity contribution in [1.82, 2.24) is 9.55 Å². The zero-order valence-electron chi connectivity index (χ0n) is 18.3. The second-order valence-corrected chi connectivity index (χ2v) is 7.06. The number of hydrogen-bond acceptors (Lipinski definition) is 4.